The number of carboxylic acids is 1. The lowest BCUT2D eigenvalue weighted by Crippen LogP contribution is -2.27. The number of thiol groups is 3. The molecule has 6 nitrogen and oxygen atoms in total. The maximum atomic E-state index is 12.1. The summed E-state index contributed by atoms with van der Waals surface area (Å²) in [4.78, 5) is 34.7. The summed E-state index contributed by atoms with van der Waals surface area (Å²) in [6.07, 6.45) is 1.52. The number of carbonyl (C=O) groups excluding carboxylic acids is 2. The Bertz CT molecular complexity index is 440. The molecule has 9 heteroatoms. The molecule has 0 heterocycles. The van der Waals surface area contributed by atoms with Gasteiger partial charge in [0.1, 0.15) is 0 Å². The number of esters is 2. The van der Waals surface area contributed by atoms with Crippen LogP contribution in [0, 0.1) is 11.8 Å². The fraction of sp³-hybridized carbons (Fsp3) is 0.812. The van der Waals surface area contributed by atoms with Crippen LogP contribution in [-0.2, 0) is 23.9 Å². The maximum absolute atomic E-state index is 12.1. The number of hydrogen-bond donors (Lipinski definition) is 4. The van der Waals surface area contributed by atoms with E-state index in [2.05, 4.69) is 37.9 Å². The van der Waals surface area contributed by atoms with Crippen LogP contribution in [0.2, 0.25) is 0 Å². The van der Waals surface area contributed by atoms with Crippen LogP contribution in [0.3, 0.4) is 0 Å². The highest BCUT2D eigenvalue weighted by atomic mass is 32.1. The predicted octanol–water partition coefficient (Wildman–Crippen LogP) is 2.86. The van der Waals surface area contributed by atoms with Gasteiger partial charge in [-0.15, -0.1) is 0 Å². The summed E-state index contributed by atoms with van der Waals surface area (Å²) in [5.74, 6) is -2.97. The van der Waals surface area contributed by atoms with Gasteiger partial charge in [-0.05, 0) is 12.8 Å². The van der Waals surface area contributed by atoms with Crippen molar-refractivity contribution in [2.24, 2.45) is 11.8 Å². The second-order valence-corrected chi connectivity index (χ2v) is 8.62. The maximum Gasteiger partial charge on any atom is 0.312 e. The van der Waals surface area contributed by atoms with E-state index in [9.17, 15) is 14.4 Å². The Hall–Kier alpha value is -0.540. The van der Waals surface area contributed by atoms with Crippen LogP contribution in [0.4, 0.5) is 0 Å². The molecule has 0 radical (unpaired) electrons. The molecule has 1 N–H and O–H groups in total. The summed E-state index contributed by atoms with van der Waals surface area (Å²) in [5.41, 5.74) is 0. The molecule has 0 spiro atoms. The van der Waals surface area contributed by atoms with Crippen molar-refractivity contribution >= 4 is 55.8 Å². The van der Waals surface area contributed by atoms with Crippen molar-refractivity contribution in [3.63, 3.8) is 0 Å². The van der Waals surface area contributed by atoms with E-state index in [0.29, 0.717) is 19.3 Å². The van der Waals surface area contributed by atoms with E-state index in [1.807, 2.05) is 0 Å². The summed E-state index contributed by atoms with van der Waals surface area (Å²) < 4.78 is 9.80. The summed E-state index contributed by atoms with van der Waals surface area (Å²) in [5, 5.41) is 8.47. The normalized spacial score (nSPS) is 17.0. The van der Waals surface area contributed by atoms with Crippen molar-refractivity contribution < 1.29 is 29.0 Å². The fourth-order valence-electron chi connectivity index (χ4n) is 2.25. The standard InChI is InChI=1S/C16H28O6S3/c1-9(23)7-14(17)21-8-22-16(20)13(11(3)25)6-4-5-12(10(2)24)15(18)19/h9-13,23-25H,4-8H2,1-3H3,(H,18,19). The lowest BCUT2D eigenvalue weighted by Gasteiger charge is -2.20. The van der Waals surface area contributed by atoms with Crippen LogP contribution in [0.1, 0.15) is 46.5 Å². The Morgan fingerprint density at radius 2 is 1.44 bits per heavy atom. The molecular weight excluding hydrogens is 384 g/mol. The van der Waals surface area contributed by atoms with E-state index >= 15 is 0 Å². The van der Waals surface area contributed by atoms with E-state index in [4.69, 9.17) is 14.6 Å². The Labute approximate surface area is 165 Å². The Kier molecular flexibility index (Phi) is 12.5. The molecule has 25 heavy (non-hydrogen) atoms. The first-order valence-corrected chi connectivity index (χ1v) is 9.70. The highest BCUT2D eigenvalue weighted by molar-refractivity contribution is 7.81. The molecule has 5 unspecified atom stereocenters. The first kappa shape index (κ1) is 24.5. The van der Waals surface area contributed by atoms with E-state index in [1.165, 1.54) is 0 Å². The third-order valence-electron chi connectivity index (χ3n) is 3.70. The Morgan fingerprint density at radius 3 is 1.88 bits per heavy atom. The third kappa shape index (κ3) is 10.9. The topological polar surface area (TPSA) is 89.9 Å². The fourth-order valence-corrected chi connectivity index (χ4v) is 2.94. The molecule has 0 aliphatic carbocycles. The lowest BCUT2D eigenvalue weighted by atomic mass is 9.93. The zero-order valence-electron chi connectivity index (χ0n) is 14.8. The van der Waals surface area contributed by atoms with Gasteiger partial charge >= 0.3 is 17.9 Å². The molecule has 0 amide bonds. The number of hydrogen-bond acceptors (Lipinski definition) is 8. The van der Waals surface area contributed by atoms with Gasteiger partial charge in [-0.25, -0.2) is 0 Å². The molecule has 0 saturated carbocycles. The first-order chi connectivity index (χ1) is 11.6. The Balaban J connectivity index is 4.37. The van der Waals surface area contributed by atoms with Crippen LogP contribution in [0.15, 0.2) is 0 Å². The largest absolute Gasteiger partial charge is 0.481 e. The number of aliphatic carboxylic acids is 1. The SMILES string of the molecule is CC(S)CC(=O)OCOC(=O)C(CCCC(C(=O)O)C(C)S)C(C)S. The predicted molar refractivity (Wildman–Crippen MR) is 105 cm³/mol. The van der Waals surface area contributed by atoms with Crippen molar-refractivity contribution in [3.05, 3.63) is 0 Å². The van der Waals surface area contributed by atoms with E-state index in [1.54, 1.807) is 20.8 Å². The Morgan fingerprint density at radius 1 is 0.920 bits per heavy atom. The smallest absolute Gasteiger partial charge is 0.312 e. The number of carboxylic acid groups (broad SMARTS) is 1. The molecule has 0 fully saturated rings. The highest BCUT2D eigenvalue weighted by Gasteiger charge is 2.27. The summed E-state index contributed by atoms with van der Waals surface area (Å²) in [6, 6.07) is 0. The quantitative estimate of drug-likeness (QED) is 0.224. The van der Waals surface area contributed by atoms with Crippen molar-refractivity contribution in [3.8, 4) is 0 Å². The molecular formula is C16H28O6S3. The van der Waals surface area contributed by atoms with Crippen molar-refractivity contribution in [2.45, 2.75) is 62.2 Å². The number of rotatable bonds is 12. The van der Waals surface area contributed by atoms with Crippen LogP contribution in [0.25, 0.3) is 0 Å². The molecule has 0 saturated heterocycles. The minimum absolute atomic E-state index is 0.131. The first-order valence-electron chi connectivity index (χ1n) is 8.15. The lowest BCUT2D eigenvalue weighted by molar-refractivity contribution is -0.170. The van der Waals surface area contributed by atoms with Crippen LogP contribution < -0.4 is 0 Å². The minimum Gasteiger partial charge on any atom is -0.481 e. The van der Waals surface area contributed by atoms with Crippen LogP contribution >= 0.6 is 37.9 Å². The molecule has 0 aliphatic rings. The molecule has 5 atom stereocenters. The molecule has 0 rings (SSSR count). The van der Waals surface area contributed by atoms with Gasteiger partial charge in [-0.2, -0.15) is 37.9 Å². The molecule has 0 aromatic carbocycles. The van der Waals surface area contributed by atoms with Gasteiger partial charge < -0.3 is 14.6 Å². The van der Waals surface area contributed by atoms with Gasteiger partial charge in [0, 0.05) is 15.7 Å². The van der Waals surface area contributed by atoms with Gasteiger partial charge in [0.2, 0.25) is 6.79 Å². The zero-order chi connectivity index (χ0) is 19.6. The zero-order valence-corrected chi connectivity index (χ0v) is 17.4. The second-order valence-electron chi connectivity index (χ2n) is 6.11. The molecule has 0 bridgehead atoms. The summed E-state index contributed by atoms with van der Waals surface area (Å²) in [7, 11) is 0. The minimum atomic E-state index is -0.897. The summed E-state index contributed by atoms with van der Waals surface area (Å²) >= 11 is 12.6. The second kappa shape index (κ2) is 12.8. The van der Waals surface area contributed by atoms with E-state index < -0.39 is 36.5 Å². The monoisotopic (exact) mass is 412 g/mol. The van der Waals surface area contributed by atoms with Gasteiger partial charge in [-0.3, -0.25) is 14.4 Å². The summed E-state index contributed by atoms with van der Waals surface area (Å²) in [6.45, 7) is 4.81. The molecule has 146 valence electrons. The number of carbonyl (C=O) groups is 3. The van der Waals surface area contributed by atoms with Gasteiger partial charge in [0.25, 0.3) is 0 Å². The molecule has 0 aromatic rings. The molecule has 0 aliphatic heterocycles. The van der Waals surface area contributed by atoms with Crippen molar-refractivity contribution in [2.75, 3.05) is 6.79 Å². The number of ether oxygens (including phenoxy) is 2. The van der Waals surface area contributed by atoms with Gasteiger partial charge in [-0.1, -0.05) is 27.2 Å². The third-order valence-corrected chi connectivity index (χ3v) is 4.60. The van der Waals surface area contributed by atoms with Gasteiger partial charge in [0.15, 0.2) is 0 Å². The van der Waals surface area contributed by atoms with Crippen molar-refractivity contribution in [1.82, 2.24) is 0 Å². The van der Waals surface area contributed by atoms with Crippen molar-refractivity contribution in [1.29, 1.82) is 0 Å². The average molecular weight is 413 g/mol. The van der Waals surface area contributed by atoms with Gasteiger partial charge in [0.05, 0.1) is 18.3 Å². The van der Waals surface area contributed by atoms with Crippen LogP contribution in [-0.4, -0.2) is 45.6 Å². The van der Waals surface area contributed by atoms with Crippen LogP contribution in [0.5, 0.6) is 0 Å². The molecule has 0 aromatic heterocycles. The van der Waals surface area contributed by atoms with E-state index in [0.717, 1.165) is 0 Å². The average Bonchev–Trinajstić information content (AvgIpc) is 2.44. The van der Waals surface area contributed by atoms with E-state index in [-0.39, 0.29) is 22.2 Å². The highest BCUT2D eigenvalue weighted by Crippen LogP contribution is 2.23.